The zero-order valence-electron chi connectivity index (χ0n) is 14.1. The number of benzene rings is 2. The fourth-order valence-electron chi connectivity index (χ4n) is 2.95. The Morgan fingerprint density at radius 1 is 1.15 bits per heavy atom. The van der Waals surface area contributed by atoms with Crippen molar-refractivity contribution >= 4 is 49.1 Å². The standard InChI is InChI=1S/C18H17BrClFN2O3S/c19-14-10-13(6-8-16(14)21)22-18(24)11-5-7-15(20)17(9-11)27(25,26)23-12-3-1-2-4-12/h5-10,12,23H,1-4H2,(H,22,24). The molecule has 1 aliphatic rings. The van der Waals surface area contributed by atoms with Crippen LogP contribution in [0.2, 0.25) is 5.02 Å². The third kappa shape index (κ3) is 4.87. The van der Waals surface area contributed by atoms with Crippen molar-refractivity contribution in [3.63, 3.8) is 0 Å². The molecule has 1 fully saturated rings. The predicted octanol–water partition coefficient (Wildman–Crippen LogP) is 4.71. The molecule has 0 heterocycles. The lowest BCUT2D eigenvalue weighted by Gasteiger charge is -2.14. The van der Waals surface area contributed by atoms with Gasteiger partial charge in [0, 0.05) is 17.3 Å². The van der Waals surface area contributed by atoms with Gasteiger partial charge in [-0.25, -0.2) is 17.5 Å². The van der Waals surface area contributed by atoms with Crippen LogP contribution in [0.4, 0.5) is 10.1 Å². The average molecular weight is 476 g/mol. The van der Waals surface area contributed by atoms with Crippen LogP contribution >= 0.6 is 27.5 Å². The number of rotatable bonds is 5. The lowest BCUT2D eigenvalue weighted by molar-refractivity contribution is 0.102. The molecule has 2 N–H and O–H groups in total. The van der Waals surface area contributed by atoms with E-state index in [2.05, 4.69) is 26.0 Å². The van der Waals surface area contributed by atoms with Crippen molar-refractivity contribution in [2.24, 2.45) is 0 Å². The molecule has 3 rings (SSSR count). The number of halogens is 3. The third-order valence-electron chi connectivity index (χ3n) is 4.34. The number of sulfonamides is 1. The normalized spacial score (nSPS) is 15.1. The zero-order valence-corrected chi connectivity index (χ0v) is 17.3. The monoisotopic (exact) mass is 474 g/mol. The zero-order chi connectivity index (χ0) is 19.6. The van der Waals surface area contributed by atoms with E-state index in [4.69, 9.17) is 11.6 Å². The minimum Gasteiger partial charge on any atom is -0.322 e. The molecule has 0 unspecified atom stereocenters. The van der Waals surface area contributed by atoms with Crippen LogP contribution in [0.5, 0.6) is 0 Å². The molecule has 9 heteroatoms. The number of hydrogen-bond donors (Lipinski definition) is 2. The molecule has 1 amide bonds. The Labute approximate surface area is 170 Å². The van der Waals surface area contributed by atoms with E-state index in [1.165, 1.54) is 36.4 Å². The summed E-state index contributed by atoms with van der Waals surface area (Å²) in [7, 11) is -3.83. The van der Waals surface area contributed by atoms with E-state index in [0.29, 0.717) is 5.69 Å². The van der Waals surface area contributed by atoms with Gasteiger partial charge in [-0.05, 0) is 65.2 Å². The van der Waals surface area contributed by atoms with Crippen molar-refractivity contribution in [1.82, 2.24) is 4.72 Å². The van der Waals surface area contributed by atoms with Crippen molar-refractivity contribution in [3.05, 3.63) is 57.3 Å². The Bertz CT molecular complexity index is 979. The summed E-state index contributed by atoms with van der Waals surface area (Å²) in [4.78, 5) is 12.3. The van der Waals surface area contributed by atoms with Gasteiger partial charge in [0.1, 0.15) is 10.7 Å². The van der Waals surface area contributed by atoms with Crippen molar-refractivity contribution < 1.29 is 17.6 Å². The molecular formula is C18H17BrClFN2O3S. The first-order valence-corrected chi connectivity index (χ1v) is 11.0. The van der Waals surface area contributed by atoms with Crippen LogP contribution in [-0.2, 0) is 10.0 Å². The third-order valence-corrected chi connectivity index (χ3v) is 6.95. The Morgan fingerprint density at radius 3 is 2.52 bits per heavy atom. The van der Waals surface area contributed by atoms with Crippen LogP contribution in [-0.4, -0.2) is 20.4 Å². The summed E-state index contributed by atoms with van der Waals surface area (Å²) in [5.74, 6) is -0.978. The minimum absolute atomic E-state index is 0.0431. The summed E-state index contributed by atoms with van der Waals surface area (Å²) in [6.45, 7) is 0. The molecule has 2 aromatic rings. The number of nitrogens with one attached hydrogen (secondary N) is 2. The molecule has 0 aliphatic heterocycles. The van der Waals surface area contributed by atoms with Gasteiger partial charge in [0.15, 0.2) is 0 Å². The molecule has 27 heavy (non-hydrogen) atoms. The fraction of sp³-hybridized carbons (Fsp3) is 0.278. The van der Waals surface area contributed by atoms with E-state index in [1.54, 1.807) is 0 Å². The predicted molar refractivity (Wildman–Crippen MR) is 106 cm³/mol. The molecule has 2 aromatic carbocycles. The summed E-state index contributed by atoms with van der Waals surface area (Å²) in [5.41, 5.74) is 0.503. The van der Waals surface area contributed by atoms with Gasteiger partial charge in [0.25, 0.3) is 5.91 Å². The van der Waals surface area contributed by atoms with Gasteiger partial charge in [-0.15, -0.1) is 0 Å². The Kier molecular flexibility index (Phi) is 6.20. The molecule has 0 atom stereocenters. The lowest BCUT2D eigenvalue weighted by Crippen LogP contribution is -2.33. The van der Waals surface area contributed by atoms with Gasteiger partial charge < -0.3 is 5.32 Å². The molecule has 0 bridgehead atoms. The number of carbonyl (C=O) groups excluding carboxylic acids is 1. The summed E-state index contributed by atoms with van der Waals surface area (Å²) >= 11 is 9.12. The van der Waals surface area contributed by atoms with E-state index >= 15 is 0 Å². The van der Waals surface area contributed by atoms with Gasteiger partial charge in [0.05, 0.1) is 9.50 Å². The van der Waals surface area contributed by atoms with E-state index in [0.717, 1.165) is 25.7 Å². The van der Waals surface area contributed by atoms with Gasteiger partial charge in [-0.1, -0.05) is 24.4 Å². The number of hydrogen-bond acceptors (Lipinski definition) is 3. The molecule has 144 valence electrons. The molecular weight excluding hydrogens is 459 g/mol. The molecule has 1 saturated carbocycles. The van der Waals surface area contributed by atoms with Crippen molar-refractivity contribution in [1.29, 1.82) is 0 Å². The van der Waals surface area contributed by atoms with Crippen molar-refractivity contribution in [2.75, 3.05) is 5.32 Å². The van der Waals surface area contributed by atoms with E-state index in [9.17, 15) is 17.6 Å². The van der Waals surface area contributed by atoms with Crippen LogP contribution in [0.1, 0.15) is 36.0 Å². The first-order chi connectivity index (χ1) is 12.8. The highest BCUT2D eigenvalue weighted by Crippen LogP contribution is 2.26. The van der Waals surface area contributed by atoms with E-state index < -0.39 is 21.7 Å². The summed E-state index contributed by atoms with van der Waals surface area (Å²) in [6, 6.07) is 7.98. The van der Waals surface area contributed by atoms with Crippen LogP contribution in [0.25, 0.3) is 0 Å². The number of amides is 1. The first-order valence-electron chi connectivity index (χ1n) is 8.34. The average Bonchev–Trinajstić information content (AvgIpc) is 3.10. The summed E-state index contributed by atoms with van der Waals surface area (Å²) < 4.78 is 41.5. The largest absolute Gasteiger partial charge is 0.322 e. The van der Waals surface area contributed by atoms with Gasteiger partial charge >= 0.3 is 0 Å². The fourth-order valence-corrected chi connectivity index (χ4v) is 5.16. The van der Waals surface area contributed by atoms with Gasteiger partial charge in [-0.2, -0.15) is 0 Å². The SMILES string of the molecule is O=C(Nc1ccc(F)c(Br)c1)c1ccc(Cl)c(S(=O)(=O)NC2CCCC2)c1. The molecule has 0 saturated heterocycles. The Morgan fingerprint density at radius 2 is 1.85 bits per heavy atom. The Balaban J connectivity index is 1.83. The smallest absolute Gasteiger partial charge is 0.255 e. The maximum atomic E-state index is 13.3. The van der Waals surface area contributed by atoms with Gasteiger partial charge in [-0.3, -0.25) is 4.79 Å². The molecule has 5 nitrogen and oxygen atoms in total. The highest BCUT2D eigenvalue weighted by Gasteiger charge is 2.25. The van der Waals surface area contributed by atoms with Crippen molar-refractivity contribution in [2.45, 2.75) is 36.6 Å². The van der Waals surface area contributed by atoms with Crippen LogP contribution in [0.3, 0.4) is 0 Å². The maximum Gasteiger partial charge on any atom is 0.255 e. The molecule has 0 aromatic heterocycles. The number of anilines is 1. The topological polar surface area (TPSA) is 75.3 Å². The summed E-state index contributed by atoms with van der Waals surface area (Å²) in [5, 5.41) is 2.65. The van der Waals surface area contributed by atoms with E-state index in [-0.39, 0.29) is 26.0 Å². The Hall–Kier alpha value is -1.48. The summed E-state index contributed by atoms with van der Waals surface area (Å²) in [6.07, 6.45) is 3.54. The highest BCUT2D eigenvalue weighted by atomic mass is 79.9. The molecule has 1 aliphatic carbocycles. The molecule has 0 spiro atoms. The maximum absolute atomic E-state index is 13.3. The van der Waals surface area contributed by atoms with Crippen LogP contribution in [0.15, 0.2) is 45.8 Å². The van der Waals surface area contributed by atoms with E-state index in [1.807, 2.05) is 0 Å². The second kappa shape index (κ2) is 8.26. The second-order valence-corrected chi connectivity index (χ2v) is 9.27. The van der Waals surface area contributed by atoms with Crippen LogP contribution in [0, 0.1) is 5.82 Å². The van der Waals surface area contributed by atoms with Gasteiger partial charge in [0.2, 0.25) is 10.0 Å². The number of carbonyl (C=O) groups is 1. The van der Waals surface area contributed by atoms with Crippen LogP contribution < -0.4 is 10.0 Å². The first kappa shape index (κ1) is 20.3. The minimum atomic E-state index is -3.83. The quantitative estimate of drug-likeness (QED) is 0.657. The lowest BCUT2D eigenvalue weighted by atomic mass is 10.2. The van der Waals surface area contributed by atoms with Crippen molar-refractivity contribution in [3.8, 4) is 0 Å². The second-order valence-electron chi connectivity index (χ2n) is 6.33. The molecule has 0 radical (unpaired) electrons. The highest BCUT2D eigenvalue weighted by molar-refractivity contribution is 9.10.